The second-order valence-corrected chi connectivity index (χ2v) is 8.03. The highest BCUT2D eigenvalue weighted by molar-refractivity contribution is 5.86. The van der Waals surface area contributed by atoms with Crippen LogP contribution in [0.5, 0.6) is 0 Å². The van der Waals surface area contributed by atoms with E-state index in [2.05, 4.69) is 22.8 Å². The molecule has 0 saturated heterocycles. The lowest BCUT2D eigenvalue weighted by Gasteiger charge is -2.23. The highest BCUT2D eigenvalue weighted by Crippen LogP contribution is 2.44. The highest BCUT2D eigenvalue weighted by atomic mass is 16.5. The van der Waals surface area contributed by atoms with E-state index in [9.17, 15) is 19.5 Å². The van der Waals surface area contributed by atoms with Crippen LogP contribution in [-0.2, 0) is 23.8 Å². The standard InChI is InChI=1S/C25H30N2O7/c1-15(32-2)22(24(29)30)27-23(28)21(33-3)12-13-26-25(31)34-14-20-18-10-6-4-8-16(18)17-9-5-7-11-19(17)20/h4-11,15,20-22H,12-14H2,1-3H3,(H,26,31)(H,27,28)(H,29,30). The number of fused-ring (bicyclic) bond motifs is 3. The Labute approximate surface area is 198 Å². The Kier molecular flexibility index (Phi) is 8.61. The topological polar surface area (TPSA) is 123 Å². The number of hydrogen-bond acceptors (Lipinski definition) is 6. The number of alkyl carbamates (subject to hydrolysis) is 1. The summed E-state index contributed by atoms with van der Waals surface area (Å²) in [5.41, 5.74) is 4.52. The second-order valence-electron chi connectivity index (χ2n) is 8.03. The van der Waals surface area contributed by atoms with Gasteiger partial charge in [0, 0.05) is 33.1 Å². The maximum absolute atomic E-state index is 12.4. The van der Waals surface area contributed by atoms with Crippen molar-refractivity contribution in [3.63, 3.8) is 0 Å². The van der Waals surface area contributed by atoms with Crippen LogP contribution < -0.4 is 10.6 Å². The summed E-state index contributed by atoms with van der Waals surface area (Å²) in [6.07, 6.45) is -2.13. The molecule has 0 fully saturated rings. The zero-order chi connectivity index (χ0) is 24.7. The van der Waals surface area contributed by atoms with Crippen molar-refractivity contribution in [2.45, 2.75) is 37.5 Å². The number of rotatable bonds is 11. The van der Waals surface area contributed by atoms with Crippen LogP contribution in [0.15, 0.2) is 48.5 Å². The smallest absolute Gasteiger partial charge is 0.407 e. The average Bonchev–Trinajstić information content (AvgIpc) is 3.16. The lowest BCUT2D eigenvalue weighted by Crippen LogP contribution is -2.52. The number of ether oxygens (including phenoxy) is 3. The minimum absolute atomic E-state index is 0.0497. The summed E-state index contributed by atoms with van der Waals surface area (Å²) >= 11 is 0. The monoisotopic (exact) mass is 470 g/mol. The molecular formula is C25H30N2O7. The van der Waals surface area contributed by atoms with Gasteiger partial charge in [0.15, 0.2) is 6.04 Å². The normalized spacial score (nSPS) is 14.9. The molecule has 2 aromatic rings. The Morgan fingerprint density at radius 3 is 2.09 bits per heavy atom. The molecule has 0 heterocycles. The zero-order valence-corrected chi connectivity index (χ0v) is 19.4. The molecule has 2 aromatic carbocycles. The number of nitrogens with one attached hydrogen (secondary N) is 2. The first-order valence-electron chi connectivity index (χ1n) is 11.0. The van der Waals surface area contributed by atoms with Crippen LogP contribution in [0, 0.1) is 0 Å². The van der Waals surface area contributed by atoms with E-state index in [1.54, 1.807) is 6.92 Å². The van der Waals surface area contributed by atoms with Crippen molar-refractivity contribution in [1.82, 2.24) is 10.6 Å². The number of carboxylic acids is 1. The summed E-state index contributed by atoms with van der Waals surface area (Å²) in [6, 6.07) is 14.9. The van der Waals surface area contributed by atoms with Gasteiger partial charge in [-0.2, -0.15) is 0 Å². The van der Waals surface area contributed by atoms with Crippen LogP contribution in [-0.4, -0.2) is 68.7 Å². The number of benzene rings is 2. The van der Waals surface area contributed by atoms with Gasteiger partial charge in [-0.25, -0.2) is 9.59 Å². The minimum atomic E-state index is -1.22. The van der Waals surface area contributed by atoms with Crippen LogP contribution >= 0.6 is 0 Å². The van der Waals surface area contributed by atoms with Crippen molar-refractivity contribution in [2.75, 3.05) is 27.4 Å². The summed E-state index contributed by atoms with van der Waals surface area (Å²) in [7, 11) is 2.70. The fourth-order valence-electron chi connectivity index (χ4n) is 4.07. The van der Waals surface area contributed by atoms with Crippen molar-refractivity contribution in [3.8, 4) is 11.1 Å². The van der Waals surface area contributed by atoms with Gasteiger partial charge in [-0.05, 0) is 29.2 Å². The molecule has 182 valence electrons. The molecule has 0 bridgehead atoms. The number of amides is 2. The minimum Gasteiger partial charge on any atom is -0.480 e. The van der Waals surface area contributed by atoms with Crippen LogP contribution in [0.4, 0.5) is 4.79 Å². The Morgan fingerprint density at radius 2 is 1.56 bits per heavy atom. The third kappa shape index (κ3) is 5.73. The molecule has 1 aliphatic carbocycles. The number of carbonyl (C=O) groups is 3. The van der Waals surface area contributed by atoms with Gasteiger partial charge < -0.3 is 30.0 Å². The van der Waals surface area contributed by atoms with Gasteiger partial charge in [0.2, 0.25) is 5.91 Å². The van der Waals surface area contributed by atoms with Gasteiger partial charge in [-0.1, -0.05) is 48.5 Å². The Balaban J connectivity index is 1.50. The second kappa shape index (κ2) is 11.6. The van der Waals surface area contributed by atoms with E-state index in [1.807, 2.05) is 36.4 Å². The molecule has 2 amide bonds. The summed E-state index contributed by atoms with van der Waals surface area (Å²) < 4.78 is 15.6. The summed E-state index contributed by atoms with van der Waals surface area (Å²) in [4.78, 5) is 36.1. The fourth-order valence-corrected chi connectivity index (χ4v) is 4.07. The highest BCUT2D eigenvalue weighted by Gasteiger charge is 2.30. The van der Waals surface area contributed by atoms with E-state index in [0.29, 0.717) is 0 Å². The summed E-state index contributed by atoms with van der Waals surface area (Å²) in [5, 5.41) is 14.3. The van der Waals surface area contributed by atoms with Crippen LogP contribution in [0.2, 0.25) is 0 Å². The molecule has 0 aliphatic heterocycles. The predicted octanol–water partition coefficient (Wildman–Crippen LogP) is 2.53. The van der Waals surface area contributed by atoms with E-state index in [0.717, 1.165) is 22.3 Å². The third-order valence-electron chi connectivity index (χ3n) is 6.00. The van der Waals surface area contributed by atoms with Gasteiger partial charge in [0.25, 0.3) is 0 Å². The summed E-state index contributed by atoms with van der Waals surface area (Å²) in [5.74, 6) is -1.87. The van der Waals surface area contributed by atoms with Crippen molar-refractivity contribution in [3.05, 3.63) is 59.7 Å². The molecule has 0 spiro atoms. The molecule has 1 aliphatic rings. The molecule has 0 aromatic heterocycles. The third-order valence-corrected chi connectivity index (χ3v) is 6.00. The molecule has 9 nitrogen and oxygen atoms in total. The van der Waals surface area contributed by atoms with Crippen LogP contribution in [0.3, 0.4) is 0 Å². The number of carbonyl (C=O) groups excluding carboxylic acids is 2. The summed E-state index contributed by atoms with van der Waals surface area (Å²) in [6.45, 7) is 1.84. The lowest BCUT2D eigenvalue weighted by molar-refractivity contribution is -0.147. The van der Waals surface area contributed by atoms with E-state index < -0.39 is 36.2 Å². The molecule has 3 N–H and O–H groups in total. The Bertz CT molecular complexity index is 980. The molecule has 3 atom stereocenters. The van der Waals surface area contributed by atoms with Crippen molar-refractivity contribution >= 4 is 18.0 Å². The number of aliphatic carboxylic acids is 1. The van der Waals surface area contributed by atoms with E-state index in [1.165, 1.54) is 14.2 Å². The maximum atomic E-state index is 12.4. The van der Waals surface area contributed by atoms with Gasteiger partial charge in [-0.15, -0.1) is 0 Å². The van der Waals surface area contributed by atoms with Crippen molar-refractivity contribution in [1.29, 1.82) is 0 Å². The largest absolute Gasteiger partial charge is 0.480 e. The maximum Gasteiger partial charge on any atom is 0.407 e. The molecule has 9 heteroatoms. The Morgan fingerprint density at radius 1 is 0.971 bits per heavy atom. The van der Waals surface area contributed by atoms with Gasteiger partial charge in [0.1, 0.15) is 12.7 Å². The molecule has 3 unspecified atom stereocenters. The molecular weight excluding hydrogens is 440 g/mol. The van der Waals surface area contributed by atoms with Crippen LogP contribution in [0.1, 0.15) is 30.4 Å². The number of carboxylic acid groups (broad SMARTS) is 1. The van der Waals surface area contributed by atoms with Gasteiger partial charge in [-0.3, -0.25) is 4.79 Å². The first-order valence-corrected chi connectivity index (χ1v) is 11.0. The van der Waals surface area contributed by atoms with E-state index in [-0.39, 0.29) is 25.5 Å². The Hall–Kier alpha value is -3.43. The first-order chi connectivity index (χ1) is 16.4. The number of methoxy groups -OCH3 is 2. The first kappa shape index (κ1) is 25.2. The molecule has 34 heavy (non-hydrogen) atoms. The van der Waals surface area contributed by atoms with Crippen molar-refractivity contribution < 1.29 is 33.7 Å². The lowest BCUT2D eigenvalue weighted by atomic mass is 9.98. The molecule has 0 saturated carbocycles. The fraction of sp³-hybridized carbons (Fsp3) is 0.400. The number of hydrogen-bond donors (Lipinski definition) is 3. The zero-order valence-electron chi connectivity index (χ0n) is 19.4. The molecule has 0 radical (unpaired) electrons. The van der Waals surface area contributed by atoms with E-state index in [4.69, 9.17) is 14.2 Å². The van der Waals surface area contributed by atoms with E-state index >= 15 is 0 Å². The molecule has 3 rings (SSSR count). The van der Waals surface area contributed by atoms with Crippen LogP contribution in [0.25, 0.3) is 11.1 Å². The van der Waals surface area contributed by atoms with Gasteiger partial charge in [0.05, 0.1) is 6.10 Å². The van der Waals surface area contributed by atoms with Gasteiger partial charge >= 0.3 is 12.1 Å². The van der Waals surface area contributed by atoms with Crippen molar-refractivity contribution in [2.24, 2.45) is 0 Å². The average molecular weight is 471 g/mol. The predicted molar refractivity (Wildman–Crippen MR) is 125 cm³/mol. The quantitative estimate of drug-likeness (QED) is 0.461. The SMILES string of the molecule is COC(CCNC(=O)OCC1c2ccccc2-c2ccccc21)C(=O)NC(C(=O)O)C(C)OC.